The van der Waals surface area contributed by atoms with E-state index in [2.05, 4.69) is 20.8 Å². The molecule has 2 nitrogen and oxygen atoms in total. The molecular formula is C13H30ClNO. The van der Waals surface area contributed by atoms with Gasteiger partial charge in [-0.1, -0.05) is 20.8 Å². The topological polar surface area (TPSA) is 20.2 Å². The average Bonchev–Trinajstić information content (AvgIpc) is 2.19. The SMILES string of the molecule is CCC[N+](CCC)(CCC)CCCCO.[Cl-]. The van der Waals surface area contributed by atoms with Crippen LogP contribution in [0.3, 0.4) is 0 Å². The standard InChI is InChI=1S/C13H30NO.ClH/c1-4-9-14(10-5-2,11-6-3)12-7-8-13-15;/h15H,4-13H2,1-3H3;1H/q+1;/p-1. The van der Waals surface area contributed by atoms with Gasteiger partial charge in [0.25, 0.3) is 0 Å². The molecule has 0 saturated heterocycles. The van der Waals surface area contributed by atoms with Crippen LogP contribution in [0, 0.1) is 0 Å². The molecule has 3 heteroatoms. The Morgan fingerprint density at radius 2 is 1.19 bits per heavy atom. The molecule has 100 valence electrons. The van der Waals surface area contributed by atoms with Crippen molar-refractivity contribution in [1.29, 1.82) is 0 Å². The highest BCUT2D eigenvalue weighted by Gasteiger charge is 2.23. The predicted molar refractivity (Wildman–Crippen MR) is 66.9 cm³/mol. The van der Waals surface area contributed by atoms with E-state index in [1.165, 1.54) is 56.3 Å². The fourth-order valence-electron chi connectivity index (χ4n) is 2.65. The van der Waals surface area contributed by atoms with Crippen LogP contribution in [0.25, 0.3) is 0 Å². The maximum atomic E-state index is 8.85. The zero-order valence-electron chi connectivity index (χ0n) is 11.3. The van der Waals surface area contributed by atoms with Gasteiger partial charge >= 0.3 is 0 Å². The lowest BCUT2D eigenvalue weighted by Crippen LogP contribution is -3.00. The number of aliphatic hydroxyl groups is 1. The molecule has 0 unspecified atom stereocenters. The second-order valence-electron chi connectivity index (χ2n) is 4.67. The number of quaternary nitrogens is 1. The summed E-state index contributed by atoms with van der Waals surface area (Å²) in [5.41, 5.74) is 0. The van der Waals surface area contributed by atoms with Gasteiger partial charge in [-0.15, -0.1) is 0 Å². The number of aliphatic hydroxyl groups excluding tert-OH is 1. The lowest BCUT2D eigenvalue weighted by Gasteiger charge is -2.38. The molecule has 0 aliphatic carbocycles. The van der Waals surface area contributed by atoms with Gasteiger partial charge in [-0.2, -0.15) is 0 Å². The molecule has 0 bridgehead atoms. The van der Waals surface area contributed by atoms with Crippen LogP contribution < -0.4 is 12.4 Å². The smallest absolute Gasteiger partial charge is 0.0787 e. The molecule has 1 N–H and O–H groups in total. The molecule has 0 aromatic carbocycles. The highest BCUT2D eigenvalue weighted by Crippen LogP contribution is 2.13. The Labute approximate surface area is 108 Å². The molecule has 0 rings (SSSR count). The third-order valence-corrected chi connectivity index (χ3v) is 3.13. The Morgan fingerprint density at radius 1 is 0.750 bits per heavy atom. The van der Waals surface area contributed by atoms with Gasteiger partial charge in [0.05, 0.1) is 26.2 Å². The quantitative estimate of drug-likeness (QED) is 0.422. The van der Waals surface area contributed by atoms with Crippen molar-refractivity contribution in [3.63, 3.8) is 0 Å². The summed E-state index contributed by atoms with van der Waals surface area (Å²) in [4.78, 5) is 0. The second-order valence-corrected chi connectivity index (χ2v) is 4.67. The minimum atomic E-state index is 0. The van der Waals surface area contributed by atoms with Gasteiger partial charge in [-0.3, -0.25) is 0 Å². The molecule has 0 aromatic rings. The number of unbranched alkanes of at least 4 members (excludes halogenated alkanes) is 1. The molecule has 0 atom stereocenters. The van der Waals surface area contributed by atoms with E-state index in [1.54, 1.807) is 0 Å². The summed E-state index contributed by atoms with van der Waals surface area (Å²) in [6.45, 7) is 12.4. The molecule has 0 aromatic heterocycles. The van der Waals surface area contributed by atoms with Crippen LogP contribution in [0.2, 0.25) is 0 Å². The molecule has 0 aliphatic rings. The first-order chi connectivity index (χ1) is 7.24. The van der Waals surface area contributed by atoms with Gasteiger partial charge in [-0.05, 0) is 32.1 Å². The van der Waals surface area contributed by atoms with E-state index >= 15 is 0 Å². The van der Waals surface area contributed by atoms with Crippen molar-refractivity contribution in [1.82, 2.24) is 0 Å². The van der Waals surface area contributed by atoms with Crippen molar-refractivity contribution in [2.24, 2.45) is 0 Å². The Bertz CT molecular complexity index is 125. The summed E-state index contributed by atoms with van der Waals surface area (Å²) < 4.78 is 1.28. The van der Waals surface area contributed by atoms with Crippen LogP contribution in [-0.4, -0.2) is 42.4 Å². The fraction of sp³-hybridized carbons (Fsp3) is 1.00. The molecule has 0 aliphatic heterocycles. The first-order valence-corrected chi connectivity index (χ1v) is 6.70. The largest absolute Gasteiger partial charge is 1.00 e. The Balaban J connectivity index is 0. The van der Waals surface area contributed by atoms with Gasteiger partial charge in [-0.25, -0.2) is 0 Å². The van der Waals surface area contributed by atoms with E-state index in [9.17, 15) is 0 Å². The molecule has 0 heterocycles. The normalized spacial score (nSPS) is 11.2. The third kappa shape index (κ3) is 7.48. The van der Waals surface area contributed by atoms with Gasteiger partial charge in [0.1, 0.15) is 0 Å². The van der Waals surface area contributed by atoms with Gasteiger partial charge in [0, 0.05) is 6.61 Å². The number of hydrogen-bond donors (Lipinski definition) is 1. The van der Waals surface area contributed by atoms with Crippen LogP contribution in [0.4, 0.5) is 0 Å². The summed E-state index contributed by atoms with van der Waals surface area (Å²) >= 11 is 0. The van der Waals surface area contributed by atoms with Crippen LogP contribution in [0.5, 0.6) is 0 Å². The van der Waals surface area contributed by atoms with Crippen molar-refractivity contribution in [2.75, 3.05) is 32.8 Å². The van der Waals surface area contributed by atoms with Gasteiger partial charge in [0.2, 0.25) is 0 Å². The van der Waals surface area contributed by atoms with Crippen molar-refractivity contribution in [3.8, 4) is 0 Å². The minimum absolute atomic E-state index is 0. The lowest BCUT2D eigenvalue weighted by molar-refractivity contribution is -0.928. The van der Waals surface area contributed by atoms with E-state index in [1.807, 2.05) is 0 Å². The van der Waals surface area contributed by atoms with E-state index < -0.39 is 0 Å². The molecule has 0 saturated carbocycles. The minimum Gasteiger partial charge on any atom is -1.00 e. The maximum absolute atomic E-state index is 8.85. The Hall–Kier alpha value is 0.210. The number of hydrogen-bond acceptors (Lipinski definition) is 1. The highest BCUT2D eigenvalue weighted by atomic mass is 35.5. The fourth-order valence-corrected chi connectivity index (χ4v) is 2.65. The van der Waals surface area contributed by atoms with E-state index in [0.717, 1.165) is 6.42 Å². The summed E-state index contributed by atoms with van der Waals surface area (Å²) in [6, 6.07) is 0. The van der Waals surface area contributed by atoms with E-state index in [-0.39, 0.29) is 12.4 Å². The maximum Gasteiger partial charge on any atom is 0.0787 e. The number of rotatable bonds is 10. The van der Waals surface area contributed by atoms with Crippen molar-refractivity contribution < 1.29 is 22.0 Å². The lowest BCUT2D eigenvalue weighted by atomic mass is 10.2. The Kier molecular flexibility index (Phi) is 13.6. The van der Waals surface area contributed by atoms with E-state index in [0.29, 0.717) is 6.61 Å². The first kappa shape index (κ1) is 18.6. The molecular weight excluding hydrogens is 222 g/mol. The zero-order valence-corrected chi connectivity index (χ0v) is 12.1. The van der Waals surface area contributed by atoms with E-state index in [4.69, 9.17) is 5.11 Å². The number of halogens is 1. The summed E-state index contributed by atoms with van der Waals surface area (Å²) in [5.74, 6) is 0. The molecule has 0 spiro atoms. The van der Waals surface area contributed by atoms with Gasteiger partial charge < -0.3 is 22.0 Å². The second kappa shape index (κ2) is 11.7. The van der Waals surface area contributed by atoms with Gasteiger partial charge in [0.15, 0.2) is 0 Å². The summed E-state index contributed by atoms with van der Waals surface area (Å²) in [7, 11) is 0. The molecule has 0 amide bonds. The molecule has 0 fully saturated rings. The van der Waals surface area contributed by atoms with Crippen LogP contribution in [0.15, 0.2) is 0 Å². The summed E-state index contributed by atoms with van der Waals surface area (Å²) in [5, 5.41) is 8.85. The molecule has 0 radical (unpaired) electrons. The average molecular weight is 252 g/mol. The zero-order chi connectivity index (χ0) is 11.6. The molecule has 16 heavy (non-hydrogen) atoms. The van der Waals surface area contributed by atoms with Crippen LogP contribution in [-0.2, 0) is 0 Å². The first-order valence-electron chi connectivity index (χ1n) is 6.70. The monoisotopic (exact) mass is 251 g/mol. The predicted octanol–water partition coefficient (Wildman–Crippen LogP) is -0.190. The van der Waals surface area contributed by atoms with Crippen molar-refractivity contribution in [2.45, 2.75) is 52.9 Å². The van der Waals surface area contributed by atoms with Crippen molar-refractivity contribution >= 4 is 0 Å². The third-order valence-electron chi connectivity index (χ3n) is 3.13. The Morgan fingerprint density at radius 3 is 1.50 bits per heavy atom. The summed E-state index contributed by atoms with van der Waals surface area (Å²) in [6.07, 6.45) is 5.98. The van der Waals surface area contributed by atoms with Crippen LogP contribution in [0.1, 0.15) is 52.9 Å². The highest BCUT2D eigenvalue weighted by molar-refractivity contribution is 4.46. The number of nitrogens with zero attached hydrogens (tertiary/aromatic N) is 1. The van der Waals surface area contributed by atoms with Crippen LogP contribution >= 0.6 is 0 Å². The van der Waals surface area contributed by atoms with Crippen molar-refractivity contribution in [3.05, 3.63) is 0 Å².